The molecule has 0 bridgehead atoms. The van der Waals surface area contributed by atoms with E-state index in [2.05, 4.69) is 35.1 Å². The molecule has 0 aromatic carbocycles. The second kappa shape index (κ2) is 7.10. The third-order valence-electron chi connectivity index (χ3n) is 3.20. The first kappa shape index (κ1) is 14.6. The molecule has 0 fully saturated rings. The highest BCUT2D eigenvalue weighted by Crippen LogP contribution is 2.18. The molecule has 2 aromatic rings. The fourth-order valence-corrected chi connectivity index (χ4v) is 2.24. The van der Waals surface area contributed by atoms with E-state index >= 15 is 0 Å². The highest BCUT2D eigenvalue weighted by atomic mass is 16.3. The molecule has 0 atom stereocenters. The van der Waals surface area contributed by atoms with Crippen molar-refractivity contribution in [1.82, 2.24) is 10.3 Å². The summed E-state index contributed by atoms with van der Waals surface area (Å²) < 4.78 is 5.38. The minimum absolute atomic E-state index is 0.730. The summed E-state index contributed by atoms with van der Waals surface area (Å²) in [6.45, 7) is 6.92. The molecule has 2 rings (SSSR count). The molecule has 20 heavy (non-hydrogen) atoms. The summed E-state index contributed by atoms with van der Waals surface area (Å²) in [5.74, 6) is 1.95. The van der Waals surface area contributed by atoms with Gasteiger partial charge < -0.3 is 14.6 Å². The van der Waals surface area contributed by atoms with Gasteiger partial charge in [-0.3, -0.25) is 0 Å². The molecule has 0 aliphatic carbocycles. The van der Waals surface area contributed by atoms with E-state index in [1.807, 2.05) is 25.4 Å². The number of furan rings is 1. The molecule has 0 saturated carbocycles. The summed E-state index contributed by atoms with van der Waals surface area (Å²) in [5, 5.41) is 3.40. The van der Waals surface area contributed by atoms with Crippen molar-refractivity contribution in [3.05, 3.63) is 47.5 Å². The molecule has 0 aliphatic heterocycles. The average Bonchev–Trinajstić information content (AvgIpc) is 2.92. The molecule has 0 aliphatic rings. The van der Waals surface area contributed by atoms with Gasteiger partial charge in [0.05, 0.1) is 12.8 Å². The van der Waals surface area contributed by atoms with Crippen LogP contribution < -0.4 is 10.2 Å². The van der Waals surface area contributed by atoms with Gasteiger partial charge in [0.25, 0.3) is 0 Å². The number of aryl methyl sites for hydroxylation is 1. The number of nitrogens with zero attached hydrogens (tertiary/aromatic N) is 2. The van der Waals surface area contributed by atoms with Crippen molar-refractivity contribution in [2.24, 2.45) is 0 Å². The molecule has 2 aromatic heterocycles. The zero-order chi connectivity index (χ0) is 14.4. The predicted octanol–water partition coefficient (Wildman–Crippen LogP) is 3.12. The first-order chi connectivity index (χ1) is 9.70. The van der Waals surface area contributed by atoms with Crippen LogP contribution in [-0.4, -0.2) is 18.6 Å². The van der Waals surface area contributed by atoms with E-state index in [0.717, 1.165) is 37.6 Å². The van der Waals surface area contributed by atoms with Gasteiger partial charge in [-0.05, 0) is 49.2 Å². The van der Waals surface area contributed by atoms with Crippen molar-refractivity contribution in [2.45, 2.75) is 33.4 Å². The first-order valence-corrected chi connectivity index (χ1v) is 7.10. The van der Waals surface area contributed by atoms with Crippen molar-refractivity contribution < 1.29 is 4.42 Å². The highest BCUT2D eigenvalue weighted by Gasteiger charge is 2.09. The van der Waals surface area contributed by atoms with Gasteiger partial charge in [0, 0.05) is 19.8 Å². The van der Waals surface area contributed by atoms with E-state index in [1.165, 1.54) is 11.1 Å². The highest BCUT2D eigenvalue weighted by molar-refractivity contribution is 5.46. The van der Waals surface area contributed by atoms with Gasteiger partial charge in [-0.25, -0.2) is 4.98 Å². The number of nitrogens with one attached hydrogen (secondary N) is 1. The summed E-state index contributed by atoms with van der Waals surface area (Å²) in [5.41, 5.74) is 2.42. The Morgan fingerprint density at radius 1 is 1.40 bits per heavy atom. The van der Waals surface area contributed by atoms with Gasteiger partial charge in [0.2, 0.25) is 0 Å². The molecule has 0 radical (unpaired) electrons. The fraction of sp³-hybridized carbons (Fsp3) is 0.438. The van der Waals surface area contributed by atoms with Crippen LogP contribution in [0.4, 0.5) is 5.82 Å². The van der Waals surface area contributed by atoms with Crippen LogP contribution in [0.3, 0.4) is 0 Å². The Bertz CT molecular complexity index is 523. The SMILES string of the molecule is CCCNCc1cnc(N(C)Cc2ccco2)c(C)c1. The average molecular weight is 273 g/mol. The summed E-state index contributed by atoms with van der Waals surface area (Å²) in [4.78, 5) is 6.69. The van der Waals surface area contributed by atoms with Crippen molar-refractivity contribution in [3.63, 3.8) is 0 Å². The topological polar surface area (TPSA) is 41.3 Å². The van der Waals surface area contributed by atoms with Gasteiger partial charge >= 0.3 is 0 Å². The van der Waals surface area contributed by atoms with Crippen LogP contribution in [0.25, 0.3) is 0 Å². The lowest BCUT2D eigenvalue weighted by atomic mass is 10.2. The molecule has 4 heteroatoms. The molecule has 108 valence electrons. The molecule has 0 spiro atoms. The Morgan fingerprint density at radius 3 is 2.90 bits per heavy atom. The lowest BCUT2D eigenvalue weighted by molar-refractivity contribution is 0.507. The molecule has 0 amide bonds. The number of aromatic nitrogens is 1. The van der Waals surface area contributed by atoms with E-state index in [0.29, 0.717) is 0 Å². The Labute approximate surface area is 120 Å². The Kier molecular flexibility index (Phi) is 5.18. The van der Waals surface area contributed by atoms with Gasteiger partial charge in [-0.2, -0.15) is 0 Å². The van der Waals surface area contributed by atoms with Crippen molar-refractivity contribution in [3.8, 4) is 0 Å². The maximum atomic E-state index is 5.38. The van der Waals surface area contributed by atoms with Crippen molar-refractivity contribution >= 4 is 5.82 Å². The zero-order valence-corrected chi connectivity index (χ0v) is 12.5. The first-order valence-electron chi connectivity index (χ1n) is 7.10. The van der Waals surface area contributed by atoms with Crippen molar-refractivity contribution in [2.75, 3.05) is 18.5 Å². The number of anilines is 1. The third-order valence-corrected chi connectivity index (χ3v) is 3.20. The standard InChI is InChI=1S/C16H23N3O/c1-4-7-17-10-14-9-13(2)16(18-11-14)19(3)12-15-6-5-8-20-15/h5-6,8-9,11,17H,4,7,10,12H2,1-3H3. The normalized spacial score (nSPS) is 10.8. The number of hydrogen-bond donors (Lipinski definition) is 1. The summed E-state index contributed by atoms with van der Waals surface area (Å²) in [6, 6.07) is 6.09. The minimum Gasteiger partial charge on any atom is -0.467 e. The Balaban J connectivity index is 2.01. The van der Waals surface area contributed by atoms with E-state index in [-0.39, 0.29) is 0 Å². The van der Waals surface area contributed by atoms with E-state index in [1.54, 1.807) is 6.26 Å². The van der Waals surface area contributed by atoms with Gasteiger partial charge in [0.15, 0.2) is 0 Å². The smallest absolute Gasteiger partial charge is 0.131 e. The second-order valence-electron chi connectivity index (χ2n) is 5.10. The van der Waals surface area contributed by atoms with Crippen LogP contribution in [0.15, 0.2) is 35.1 Å². The second-order valence-corrected chi connectivity index (χ2v) is 5.10. The van der Waals surface area contributed by atoms with Gasteiger partial charge in [-0.1, -0.05) is 6.92 Å². The number of hydrogen-bond acceptors (Lipinski definition) is 4. The molecular weight excluding hydrogens is 250 g/mol. The van der Waals surface area contributed by atoms with E-state index in [9.17, 15) is 0 Å². The third kappa shape index (κ3) is 3.84. The molecule has 4 nitrogen and oxygen atoms in total. The van der Waals surface area contributed by atoms with Crippen LogP contribution >= 0.6 is 0 Å². The predicted molar refractivity (Wildman–Crippen MR) is 81.8 cm³/mol. The summed E-state index contributed by atoms with van der Waals surface area (Å²) in [6.07, 6.45) is 4.80. The zero-order valence-electron chi connectivity index (χ0n) is 12.5. The largest absolute Gasteiger partial charge is 0.467 e. The molecule has 0 saturated heterocycles. The van der Waals surface area contributed by atoms with Crippen LogP contribution in [0.2, 0.25) is 0 Å². The lowest BCUT2D eigenvalue weighted by Gasteiger charge is -2.19. The maximum absolute atomic E-state index is 5.38. The monoisotopic (exact) mass is 273 g/mol. The minimum atomic E-state index is 0.730. The van der Waals surface area contributed by atoms with Crippen LogP contribution in [0, 0.1) is 6.92 Å². The fourth-order valence-electron chi connectivity index (χ4n) is 2.24. The van der Waals surface area contributed by atoms with Gasteiger partial charge in [-0.15, -0.1) is 0 Å². The maximum Gasteiger partial charge on any atom is 0.131 e. The quantitative estimate of drug-likeness (QED) is 0.787. The summed E-state index contributed by atoms with van der Waals surface area (Å²) in [7, 11) is 2.03. The van der Waals surface area contributed by atoms with Crippen LogP contribution in [0.5, 0.6) is 0 Å². The van der Waals surface area contributed by atoms with Crippen molar-refractivity contribution in [1.29, 1.82) is 0 Å². The van der Waals surface area contributed by atoms with Crippen LogP contribution in [0.1, 0.15) is 30.2 Å². The summed E-state index contributed by atoms with van der Waals surface area (Å²) >= 11 is 0. The number of rotatable bonds is 7. The molecule has 1 N–H and O–H groups in total. The van der Waals surface area contributed by atoms with E-state index < -0.39 is 0 Å². The molecular formula is C16H23N3O. The molecule has 0 unspecified atom stereocenters. The van der Waals surface area contributed by atoms with Crippen LogP contribution in [-0.2, 0) is 13.1 Å². The molecule has 2 heterocycles. The Hall–Kier alpha value is -1.81. The van der Waals surface area contributed by atoms with Gasteiger partial charge in [0.1, 0.15) is 11.6 Å². The number of pyridine rings is 1. The van der Waals surface area contributed by atoms with E-state index in [4.69, 9.17) is 4.42 Å². The lowest BCUT2D eigenvalue weighted by Crippen LogP contribution is -2.19. The Morgan fingerprint density at radius 2 is 2.25 bits per heavy atom.